The van der Waals surface area contributed by atoms with Crippen LogP contribution in [0.15, 0.2) is 60.7 Å². The Morgan fingerprint density at radius 2 is 1.26 bits per heavy atom. The Labute approximate surface area is 168 Å². The fourth-order valence-corrected chi connectivity index (χ4v) is 3.36. The molecule has 0 aliphatic rings. The molecule has 1 heterocycles. The molecule has 0 aliphatic carbocycles. The highest BCUT2D eigenvalue weighted by Crippen LogP contribution is 2.29. The number of anilines is 3. The first-order valence-electron chi connectivity index (χ1n) is 8.47. The Morgan fingerprint density at radius 3 is 1.96 bits per heavy atom. The Bertz CT molecular complexity index is 1160. The smallest absolute Gasteiger partial charge is 0.215 e. The second kappa shape index (κ2) is 7.29. The minimum Gasteiger partial charge on any atom is -1.00 e. The van der Waals surface area contributed by atoms with E-state index in [0.717, 1.165) is 50.0 Å². The molecule has 0 saturated heterocycles. The molecule has 1 aromatic heterocycles. The van der Waals surface area contributed by atoms with E-state index in [1.54, 1.807) is 0 Å². The molecule has 0 radical (unpaired) electrons. The molecule has 27 heavy (non-hydrogen) atoms. The highest BCUT2D eigenvalue weighted by molar-refractivity contribution is 6.08. The molecule has 3 aromatic carbocycles. The molecule has 136 valence electrons. The van der Waals surface area contributed by atoms with Crippen molar-refractivity contribution in [2.45, 2.75) is 0 Å². The SMILES string of the molecule is C[n+]1c(/C=C/c2ccc(N)cc2)c2cc(N)ccc2c2ccc(N)cc21.[Br-]. The van der Waals surface area contributed by atoms with E-state index < -0.39 is 0 Å². The number of benzene rings is 3. The predicted octanol–water partition coefficient (Wildman–Crippen LogP) is 0.739. The zero-order chi connectivity index (χ0) is 18.3. The van der Waals surface area contributed by atoms with Crippen LogP contribution in [0.1, 0.15) is 11.3 Å². The lowest BCUT2D eigenvalue weighted by atomic mass is 10.0. The summed E-state index contributed by atoms with van der Waals surface area (Å²) in [5.41, 5.74) is 23.4. The number of nitrogens with two attached hydrogens (primary N) is 3. The van der Waals surface area contributed by atoms with Crippen molar-refractivity contribution in [3.05, 3.63) is 71.9 Å². The third-order valence-electron chi connectivity index (χ3n) is 4.72. The first kappa shape index (κ1) is 18.7. The Morgan fingerprint density at radius 1 is 0.667 bits per heavy atom. The van der Waals surface area contributed by atoms with E-state index in [1.165, 1.54) is 0 Å². The number of nitrogens with zero attached hydrogens (tertiary/aromatic N) is 1. The molecular weight excluding hydrogens is 400 g/mol. The predicted molar refractivity (Wildman–Crippen MR) is 111 cm³/mol. The van der Waals surface area contributed by atoms with E-state index in [2.05, 4.69) is 28.9 Å². The molecule has 0 bridgehead atoms. The number of halogens is 1. The molecular formula is C22H21BrN4. The van der Waals surface area contributed by atoms with Crippen molar-refractivity contribution in [3.63, 3.8) is 0 Å². The number of hydrogen-bond acceptors (Lipinski definition) is 3. The van der Waals surface area contributed by atoms with E-state index in [0.29, 0.717) is 0 Å². The summed E-state index contributed by atoms with van der Waals surface area (Å²) >= 11 is 0. The summed E-state index contributed by atoms with van der Waals surface area (Å²) in [5, 5.41) is 3.42. The van der Waals surface area contributed by atoms with Crippen LogP contribution in [0.4, 0.5) is 17.1 Å². The van der Waals surface area contributed by atoms with Crippen LogP contribution in [0.25, 0.3) is 33.8 Å². The van der Waals surface area contributed by atoms with Crippen molar-refractivity contribution in [2.75, 3.05) is 17.2 Å². The molecule has 5 heteroatoms. The summed E-state index contributed by atoms with van der Waals surface area (Å²) in [6.45, 7) is 0. The molecule has 4 aromatic rings. The maximum Gasteiger partial charge on any atom is 0.215 e. The normalized spacial score (nSPS) is 11.1. The lowest BCUT2D eigenvalue weighted by Crippen LogP contribution is -3.00. The van der Waals surface area contributed by atoms with Crippen LogP contribution >= 0.6 is 0 Å². The number of fused-ring (bicyclic) bond motifs is 3. The molecule has 4 rings (SSSR count). The van der Waals surface area contributed by atoms with E-state index in [4.69, 9.17) is 17.2 Å². The van der Waals surface area contributed by atoms with Crippen molar-refractivity contribution in [1.82, 2.24) is 0 Å². The molecule has 0 aliphatic heterocycles. The number of nitrogen functional groups attached to an aromatic ring is 3. The van der Waals surface area contributed by atoms with E-state index in [-0.39, 0.29) is 17.0 Å². The topological polar surface area (TPSA) is 81.9 Å². The Balaban J connectivity index is 0.00000210. The van der Waals surface area contributed by atoms with Crippen LogP contribution in [0, 0.1) is 0 Å². The fraction of sp³-hybridized carbons (Fsp3) is 0.0455. The summed E-state index contributed by atoms with van der Waals surface area (Å²) in [6.07, 6.45) is 4.19. The first-order chi connectivity index (χ1) is 12.5. The number of aromatic nitrogens is 1. The van der Waals surface area contributed by atoms with Gasteiger partial charge >= 0.3 is 0 Å². The van der Waals surface area contributed by atoms with Gasteiger partial charge in [0.15, 0.2) is 0 Å². The van der Waals surface area contributed by atoms with Gasteiger partial charge < -0.3 is 34.2 Å². The van der Waals surface area contributed by atoms with Crippen LogP contribution in [0.2, 0.25) is 0 Å². The standard InChI is InChI=1S/C22H20N4.BrH/c1-26-21(11-4-14-2-5-15(23)6-3-14)20-12-16(24)7-9-18(20)19-10-8-17(25)13-22(19)26;/h2-13H,24H2,1H3,(H3,23,25);1H. The molecule has 0 amide bonds. The van der Waals surface area contributed by atoms with Crippen molar-refractivity contribution in [2.24, 2.45) is 7.05 Å². The van der Waals surface area contributed by atoms with Crippen molar-refractivity contribution in [3.8, 4) is 0 Å². The summed E-state index contributed by atoms with van der Waals surface area (Å²) in [6, 6.07) is 19.8. The fourth-order valence-electron chi connectivity index (χ4n) is 3.36. The van der Waals surface area contributed by atoms with E-state index in [1.807, 2.05) is 55.6 Å². The summed E-state index contributed by atoms with van der Waals surface area (Å²) < 4.78 is 2.15. The van der Waals surface area contributed by atoms with Crippen LogP contribution in [-0.2, 0) is 7.05 Å². The highest BCUT2D eigenvalue weighted by Gasteiger charge is 2.17. The maximum absolute atomic E-state index is 6.07. The van der Waals surface area contributed by atoms with Gasteiger partial charge in [0.2, 0.25) is 11.2 Å². The quantitative estimate of drug-likeness (QED) is 0.254. The molecule has 0 spiro atoms. The van der Waals surface area contributed by atoms with Crippen molar-refractivity contribution in [1.29, 1.82) is 0 Å². The zero-order valence-corrected chi connectivity index (χ0v) is 16.6. The van der Waals surface area contributed by atoms with Crippen LogP contribution in [0.5, 0.6) is 0 Å². The lowest BCUT2D eigenvalue weighted by Gasteiger charge is -2.08. The third-order valence-corrected chi connectivity index (χ3v) is 4.72. The third kappa shape index (κ3) is 3.46. The summed E-state index contributed by atoms with van der Waals surface area (Å²) in [4.78, 5) is 0. The second-order valence-corrected chi connectivity index (χ2v) is 6.53. The van der Waals surface area contributed by atoms with Gasteiger partial charge in [-0.3, -0.25) is 0 Å². The van der Waals surface area contributed by atoms with Gasteiger partial charge in [-0.05, 0) is 48.0 Å². The molecule has 4 nitrogen and oxygen atoms in total. The largest absolute Gasteiger partial charge is 1.00 e. The van der Waals surface area contributed by atoms with Crippen LogP contribution < -0.4 is 38.7 Å². The summed E-state index contributed by atoms with van der Waals surface area (Å²) in [5.74, 6) is 0. The molecule has 0 unspecified atom stereocenters. The average Bonchev–Trinajstić information content (AvgIpc) is 2.63. The van der Waals surface area contributed by atoms with Crippen LogP contribution in [-0.4, -0.2) is 0 Å². The number of hydrogen-bond donors (Lipinski definition) is 3. The molecule has 0 atom stereocenters. The number of aryl methyl sites for hydroxylation is 1. The lowest BCUT2D eigenvalue weighted by molar-refractivity contribution is -0.645. The minimum absolute atomic E-state index is 0. The minimum atomic E-state index is 0. The van der Waals surface area contributed by atoms with E-state index >= 15 is 0 Å². The van der Waals surface area contributed by atoms with Crippen molar-refractivity contribution < 1.29 is 21.5 Å². The van der Waals surface area contributed by atoms with Gasteiger partial charge in [-0.2, -0.15) is 4.57 Å². The first-order valence-corrected chi connectivity index (χ1v) is 8.47. The van der Waals surface area contributed by atoms with E-state index in [9.17, 15) is 0 Å². The highest BCUT2D eigenvalue weighted by atomic mass is 79.9. The average molecular weight is 421 g/mol. The molecule has 0 saturated carbocycles. The van der Waals surface area contributed by atoms with Gasteiger partial charge in [0, 0.05) is 34.6 Å². The maximum atomic E-state index is 6.07. The monoisotopic (exact) mass is 420 g/mol. The van der Waals surface area contributed by atoms with Gasteiger partial charge in [0.05, 0.1) is 10.8 Å². The Kier molecular flexibility index (Phi) is 5.06. The summed E-state index contributed by atoms with van der Waals surface area (Å²) in [7, 11) is 2.05. The van der Waals surface area contributed by atoms with Gasteiger partial charge in [-0.15, -0.1) is 0 Å². The molecule has 0 fully saturated rings. The van der Waals surface area contributed by atoms with Crippen LogP contribution in [0.3, 0.4) is 0 Å². The second-order valence-electron chi connectivity index (χ2n) is 6.53. The molecule has 6 N–H and O–H groups in total. The number of rotatable bonds is 2. The van der Waals surface area contributed by atoms with Gasteiger partial charge in [-0.25, -0.2) is 0 Å². The van der Waals surface area contributed by atoms with Gasteiger partial charge in [-0.1, -0.05) is 18.2 Å². The zero-order valence-electron chi connectivity index (χ0n) is 15.0. The van der Waals surface area contributed by atoms with Gasteiger partial charge in [0.1, 0.15) is 7.05 Å². The Hall–Kier alpha value is -3.05. The van der Waals surface area contributed by atoms with Gasteiger partial charge in [0.25, 0.3) is 0 Å². The number of pyridine rings is 1. The van der Waals surface area contributed by atoms with Crippen molar-refractivity contribution >= 4 is 50.9 Å².